The number of nitrogens with one attached hydrogen (secondary N) is 1. The third-order valence-electron chi connectivity index (χ3n) is 2.79. The fraction of sp³-hybridized carbons (Fsp3) is 0.167. The van der Waals surface area contributed by atoms with E-state index in [1.165, 1.54) is 17.3 Å². The molecule has 1 N–H and O–H groups in total. The highest BCUT2D eigenvalue weighted by Crippen LogP contribution is 2.28. The summed E-state index contributed by atoms with van der Waals surface area (Å²) in [4.78, 5) is 3.30. The van der Waals surface area contributed by atoms with Gasteiger partial charge in [0, 0.05) is 10.9 Å². The Hall–Kier alpha value is -2.10. The first-order chi connectivity index (χ1) is 7.75. The van der Waals surface area contributed by atoms with Crippen LogP contribution in [0.2, 0.25) is 0 Å². The molecule has 1 aromatic carbocycles. The van der Waals surface area contributed by atoms with Gasteiger partial charge in [-0.05, 0) is 31.5 Å². The third-order valence-corrected chi connectivity index (χ3v) is 2.79. The lowest BCUT2D eigenvalue weighted by Gasteiger charge is -1.93. The first-order valence-electron chi connectivity index (χ1n) is 5.11. The van der Waals surface area contributed by atoms with Crippen LogP contribution in [-0.4, -0.2) is 15.2 Å². The van der Waals surface area contributed by atoms with E-state index in [9.17, 15) is 0 Å². The first-order valence-corrected chi connectivity index (χ1v) is 5.11. The SMILES string of the molecule is Cc1ccc2[nH]c(-c3nnco3)c(C)c2c1. The molecule has 0 fully saturated rings. The molecule has 4 nitrogen and oxygen atoms in total. The topological polar surface area (TPSA) is 54.7 Å². The minimum atomic E-state index is 0.534. The van der Waals surface area contributed by atoms with Crippen molar-refractivity contribution < 1.29 is 4.42 Å². The van der Waals surface area contributed by atoms with Crippen LogP contribution >= 0.6 is 0 Å². The second kappa shape index (κ2) is 3.20. The summed E-state index contributed by atoms with van der Waals surface area (Å²) in [5, 5.41) is 8.81. The molecule has 0 saturated carbocycles. The summed E-state index contributed by atoms with van der Waals surface area (Å²) < 4.78 is 5.21. The number of nitrogens with zero attached hydrogens (tertiary/aromatic N) is 2. The summed E-state index contributed by atoms with van der Waals surface area (Å²) >= 11 is 0. The second-order valence-electron chi connectivity index (χ2n) is 3.92. The molecule has 2 aromatic heterocycles. The van der Waals surface area contributed by atoms with Crippen LogP contribution in [0.4, 0.5) is 0 Å². The highest BCUT2D eigenvalue weighted by molar-refractivity contribution is 5.89. The Kier molecular flexibility index (Phi) is 1.83. The number of rotatable bonds is 1. The van der Waals surface area contributed by atoms with Crippen molar-refractivity contribution in [2.24, 2.45) is 0 Å². The minimum absolute atomic E-state index is 0.534. The molecule has 0 aliphatic heterocycles. The Labute approximate surface area is 92.3 Å². The average molecular weight is 213 g/mol. The normalized spacial score (nSPS) is 11.1. The van der Waals surface area contributed by atoms with Crippen LogP contribution in [0, 0.1) is 13.8 Å². The van der Waals surface area contributed by atoms with E-state index in [1.807, 2.05) is 0 Å². The van der Waals surface area contributed by atoms with Crippen molar-refractivity contribution >= 4 is 10.9 Å². The number of hydrogen-bond acceptors (Lipinski definition) is 3. The maximum absolute atomic E-state index is 5.21. The third kappa shape index (κ3) is 1.23. The zero-order valence-electron chi connectivity index (χ0n) is 9.11. The molecule has 2 heterocycles. The maximum atomic E-state index is 5.21. The summed E-state index contributed by atoms with van der Waals surface area (Å²) in [7, 11) is 0. The first kappa shape index (κ1) is 9.15. The predicted octanol–water partition coefficient (Wildman–Crippen LogP) is 2.83. The smallest absolute Gasteiger partial charge is 0.264 e. The van der Waals surface area contributed by atoms with Gasteiger partial charge in [0.05, 0.1) is 0 Å². The molecule has 0 aliphatic carbocycles. The number of aromatic amines is 1. The van der Waals surface area contributed by atoms with E-state index in [0.717, 1.165) is 16.8 Å². The van der Waals surface area contributed by atoms with E-state index < -0.39 is 0 Å². The number of fused-ring (bicyclic) bond motifs is 1. The van der Waals surface area contributed by atoms with Crippen LogP contribution in [0.1, 0.15) is 11.1 Å². The Morgan fingerprint density at radius 1 is 1.25 bits per heavy atom. The summed E-state index contributed by atoms with van der Waals surface area (Å²) in [6.07, 6.45) is 1.34. The molecule has 4 heteroatoms. The molecule has 80 valence electrons. The zero-order valence-corrected chi connectivity index (χ0v) is 9.11. The molecule has 3 aromatic rings. The predicted molar refractivity (Wildman–Crippen MR) is 61.1 cm³/mol. The van der Waals surface area contributed by atoms with Crippen molar-refractivity contribution in [1.29, 1.82) is 0 Å². The molecule has 3 rings (SSSR count). The molecular weight excluding hydrogens is 202 g/mol. The Morgan fingerprint density at radius 2 is 2.12 bits per heavy atom. The minimum Gasteiger partial charge on any atom is -0.422 e. The molecule has 0 unspecified atom stereocenters. The van der Waals surface area contributed by atoms with E-state index in [2.05, 4.69) is 47.2 Å². The zero-order chi connectivity index (χ0) is 11.1. The van der Waals surface area contributed by atoms with Gasteiger partial charge in [0.25, 0.3) is 5.89 Å². The monoisotopic (exact) mass is 213 g/mol. The van der Waals surface area contributed by atoms with E-state index >= 15 is 0 Å². The molecule has 0 radical (unpaired) electrons. The van der Waals surface area contributed by atoms with Crippen LogP contribution in [0.3, 0.4) is 0 Å². The Morgan fingerprint density at radius 3 is 2.88 bits per heavy atom. The van der Waals surface area contributed by atoms with Gasteiger partial charge in [-0.15, -0.1) is 10.2 Å². The van der Waals surface area contributed by atoms with Crippen molar-refractivity contribution in [2.75, 3.05) is 0 Å². The summed E-state index contributed by atoms with van der Waals surface area (Å²) in [5.74, 6) is 0.534. The van der Waals surface area contributed by atoms with E-state index in [-0.39, 0.29) is 0 Å². The van der Waals surface area contributed by atoms with Crippen LogP contribution in [0.15, 0.2) is 29.0 Å². The van der Waals surface area contributed by atoms with Gasteiger partial charge >= 0.3 is 0 Å². The lowest BCUT2D eigenvalue weighted by Crippen LogP contribution is -1.80. The van der Waals surface area contributed by atoms with Gasteiger partial charge in [-0.2, -0.15) is 0 Å². The number of H-pyrrole nitrogens is 1. The molecule has 0 amide bonds. The van der Waals surface area contributed by atoms with Crippen LogP contribution in [-0.2, 0) is 0 Å². The summed E-state index contributed by atoms with van der Waals surface area (Å²) in [6, 6.07) is 6.30. The van der Waals surface area contributed by atoms with Crippen LogP contribution < -0.4 is 0 Å². The summed E-state index contributed by atoms with van der Waals surface area (Å²) in [6.45, 7) is 4.13. The molecular formula is C12H11N3O. The standard InChI is InChI=1S/C12H11N3O/c1-7-3-4-10-9(5-7)8(2)11(14-10)12-15-13-6-16-12/h3-6,14H,1-2H3. The van der Waals surface area contributed by atoms with Gasteiger partial charge in [0.15, 0.2) is 0 Å². The lowest BCUT2D eigenvalue weighted by molar-refractivity contribution is 0.566. The van der Waals surface area contributed by atoms with Crippen LogP contribution in [0.5, 0.6) is 0 Å². The fourth-order valence-corrected chi connectivity index (χ4v) is 1.94. The van der Waals surface area contributed by atoms with Crippen LogP contribution in [0.25, 0.3) is 22.5 Å². The Bertz CT molecular complexity index is 638. The average Bonchev–Trinajstić information content (AvgIpc) is 2.87. The van der Waals surface area contributed by atoms with E-state index in [4.69, 9.17) is 4.42 Å². The molecule has 0 bridgehead atoms. The quantitative estimate of drug-likeness (QED) is 0.676. The number of hydrogen-bond donors (Lipinski definition) is 1. The van der Waals surface area contributed by atoms with E-state index in [0.29, 0.717) is 5.89 Å². The highest BCUT2D eigenvalue weighted by Gasteiger charge is 2.13. The molecule has 0 aliphatic rings. The van der Waals surface area contributed by atoms with Crippen molar-refractivity contribution in [3.05, 3.63) is 35.7 Å². The number of benzene rings is 1. The van der Waals surface area contributed by atoms with Gasteiger partial charge in [-0.1, -0.05) is 11.6 Å². The lowest BCUT2D eigenvalue weighted by atomic mass is 10.1. The highest BCUT2D eigenvalue weighted by atomic mass is 16.4. The van der Waals surface area contributed by atoms with Gasteiger partial charge < -0.3 is 9.40 Å². The largest absolute Gasteiger partial charge is 0.422 e. The molecule has 0 atom stereocenters. The summed E-state index contributed by atoms with van der Waals surface area (Å²) in [5.41, 5.74) is 4.38. The van der Waals surface area contributed by atoms with Gasteiger partial charge in [-0.3, -0.25) is 0 Å². The fourth-order valence-electron chi connectivity index (χ4n) is 1.94. The van der Waals surface area contributed by atoms with Gasteiger partial charge in [0.1, 0.15) is 5.69 Å². The van der Waals surface area contributed by atoms with Crippen molar-refractivity contribution in [2.45, 2.75) is 13.8 Å². The number of aromatic nitrogens is 3. The molecule has 0 saturated heterocycles. The molecule has 16 heavy (non-hydrogen) atoms. The second-order valence-corrected chi connectivity index (χ2v) is 3.92. The van der Waals surface area contributed by atoms with Gasteiger partial charge in [-0.25, -0.2) is 0 Å². The van der Waals surface area contributed by atoms with Crippen molar-refractivity contribution in [1.82, 2.24) is 15.2 Å². The molecule has 0 spiro atoms. The number of aryl methyl sites for hydroxylation is 2. The maximum Gasteiger partial charge on any atom is 0.264 e. The van der Waals surface area contributed by atoms with Crippen molar-refractivity contribution in [3.8, 4) is 11.6 Å². The van der Waals surface area contributed by atoms with Gasteiger partial charge in [0.2, 0.25) is 6.39 Å². The van der Waals surface area contributed by atoms with Crippen molar-refractivity contribution in [3.63, 3.8) is 0 Å². The van der Waals surface area contributed by atoms with E-state index in [1.54, 1.807) is 0 Å². The Balaban J connectivity index is 2.32.